The van der Waals surface area contributed by atoms with Crippen LogP contribution < -0.4 is 5.32 Å². The van der Waals surface area contributed by atoms with E-state index < -0.39 is 5.97 Å². The molecular weight excluding hydrogens is 244 g/mol. The molecule has 5 heteroatoms. The molecule has 0 radical (unpaired) electrons. The molecule has 5 nitrogen and oxygen atoms in total. The van der Waals surface area contributed by atoms with Crippen molar-refractivity contribution in [2.75, 3.05) is 6.54 Å². The van der Waals surface area contributed by atoms with Gasteiger partial charge in [0.05, 0.1) is 0 Å². The molecule has 0 aromatic carbocycles. The Morgan fingerprint density at radius 3 is 2.47 bits per heavy atom. The van der Waals surface area contributed by atoms with Crippen LogP contribution in [0, 0.1) is 0 Å². The van der Waals surface area contributed by atoms with Gasteiger partial charge in [-0.25, -0.2) is 0 Å². The van der Waals surface area contributed by atoms with Crippen LogP contribution in [0.25, 0.3) is 0 Å². The van der Waals surface area contributed by atoms with E-state index >= 15 is 0 Å². The zero-order chi connectivity index (χ0) is 14.5. The van der Waals surface area contributed by atoms with Gasteiger partial charge < -0.3 is 10.4 Å². The molecule has 2 N–H and O–H groups in total. The van der Waals surface area contributed by atoms with E-state index in [2.05, 4.69) is 31.1 Å². The second kappa shape index (κ2) is 6.31. The van der Waals surface area contributed by atoms with Crippen molar-refractivity contribution in [2.24, 2.45) is 0 Å². The van der Waals surface area contributed by atoms with Gasteiger partial charge in [-0.2, -0.15) is 0 Å². The number of rotatable bonds is 5. The molecule has 1 aromatic rings. The third kappa shape index (κ3) is 5.07. The molecule has 0 aliphatic carbocycles. The van der Waals surface area contributed by atoms with Crippen molar-refractivity contribution >= 4 is 11.9 Å². The maximum absolute atomic E-state index is 11.7. The highest BCUT2D eigenvalue weighted by atomic mass is 16.4. The normalized spacial score (nSPS) is 11.1. The van der Waals surface area contributed by atoms with Crippen LogP contribution in [0.2, 0.25) is 0 Å². The van der Waals surface area contributed by atoms with E-state index in [-0.39, 0.29) is 17.7 Å². The number of amides is 1. The molecule has 1 heterocycles. The summed E-state index contributed by atoms with van der Waals surface area (Å²) >= 11 is 0. The van der Waals surface area contributed by atoms with Crippen LogP contribution in [0.3, 0.4) is 0 Å². The third-order valence-corrected chi connectivity index (χ3v) is 2.72. The molecule has 0 aliphatic heterocycles. The van der Waals surface area contributed by atoms with Crippen molar-refractivity contribution in [2.45, 2.75) is 39.0 Å². The van der Waals surface area contributed by atoms with E-state index in [1.807, 2.05) is 6.07 Å². The number of hydrogen-bond donors (Lipinski definition) is 2. The van der Waals surface area contributed by atoms with Gasteiger partial charge in [0.2, 0.25) is 0 Å². The molecular formula is C14H20N2O3. The Balaban J connectivity index is 2.52. The van der Waals surface area contributed by atoms with E-state index in [0.717, 1.165) is 5.56 Å². The van der Waals surface area contributed by atoms with Gasteiger partial charge in [-0.05, 0) is 23.5 Å². The summed E-state index contributed by atoms with van der Waals surface area (Å²) in [6.45, 7) is 6.58. The number of carboxylic acids is 1. The van der Waals surface area contributed by atoms with Crippen molar-refractivity contribution < 1.29 is 14.7 Å². The molecule has 0 atom stereocenters. The SMILES string of the molecule is CC(C)(C)c1ccc(C(=O)NCCCC(=O)O)nc1. The Bertz CT molecular complexity index is 447. The lowest BCUT2D eigenvalue weighted by atomic mass is 9.88. The molecule has 0 fully saturated rings. The number of carbonyl (C=O) groups is 2. The number of pyridine rings is 1. The van der Waals surface area contributed by atoms with Gasteiger partial charge in [0, 0.05) is 19.2 Å². The first-order valence-corrected chi connectivity index (χ1v) is 6.27. The highest BCUT2D eigenvalue weighted by Crippen LogP contribution is 2.20. The maximum Gasteiger partial charge on any atom is 0.303 e. The van der Waals surface area contributed by atoms with Gasteiger partial charge in [0.25, 0.3) is 5.91 Å². The highest BCUT2D eigenvalue weighted by molar-refractivity contribution is 5.92. The van der Waals surface area contributed by atoms with Crippen LogP contribution in [-0.2, 0) is 10.2 Å². The molecule has 104 valence electrons. The topological polar surface area (TPSA) is 79.3 Å². The number of aromatic nitrogens is 1. The molecule has 0 aliphatic rings. The summed E-state index contributed by atoms with van der Waals surface area (Å²) in [5.41, 5.74) is 1.42. The van der Waals surface area contributed by atoms with Crippen LogP contribution in [0.1, 0.15) is 49.7 Å². The largest absolute Gasteiger partial charge is 0.481 e. The smallest absolute Gasteiger partial charge is 0.303 e. The Morgan fingerprint density at radius 1 is 1.32 bits per heavy atom. The first-order valence-electron chi connectivity index (χ1n) is 6.27. The van der Waals surface area contributed by atoms with Gasteiger partial charge in [-0.3, -0.25) is 14.6 Å². The number of nitrogens with one attached hydrogen (secondary N) is 1. The molecule has 1 rings (SSSR count). The summed E-state index contributed by atoms with van der Waals surface area (Å²) in [6.07, 6.45) is 2.17. The first-order chi connectivity index (χ1) is 8.80. The quantitative estimate of drug-likeness (QED) is 0.797. The number of carbonyl (C=O) groups excluding carboxylic acids is 1. The van der Waals surface area contributed by atoms with Gasteiger partial charge >= 0.3 is 5.97 Å². The van der Waals surface area contributed by atoms with E-state index in [1.54, 1.807) is 12.3 Å². The predicted molar refractivity (Wildman–Crippen MR) is 72.1 cm³/mol. The zero-order valence-electron chi connectivity index (χ0n) is 11.6. The van der Waals surface area contributed by atoms with Crippen molar-refractivity contribution in [3.05, 3.63) is 29.6 Å². The minimum absolute atomic E-state index is 0.00347. The van der Waals surface area contributed by atoms with E-state index in [0.29, 0.717) is 18.7 Å². The summed E-state index contributed by atoms with van der Waals surface area (Å²) in [5, 5.41) is 11.1. The van der Waals surface area contributed by atoms with Crippen LogP contribution >= 0.6 is 0 Å². The van der Waals surface area contributed by atoms with E-state index in [1.165, 1.54) is 0 Å². The molecule has 0 spiro atoms. The molecule has 0 saturated heterocycles. The van der Waals surface area contributed by atoms with Crippen LogP contribution in [0.15, 0.2) is 18.3 Å². The van der Waals surface area contributed by atoms with Crippen molar-refractivity contribution in [1.82, 2.24) is 10.3 Å². The minimum atomic E-state index is -0.859. The average molecular weight is 264 g/mol. The fraction of sp³-hybridized carbons (Fsp3) is 0.500. The van der Waals surface area contributed by atoms with Gasteiger partial charge in [0.15, 0.2) is 0 Å². The lowest BCUT2D eigenvalue weighted by Gasteiger charge is -2.18. The standard InChI is InChI=1S/C14H20N2O3/c1-14(2,3)10-6-7-11(16-9-10)13(19)15-8-4-5-12(17)18/h6-7,9H,4-5,8H2,1-3H3,(H,15,19)(H,17,18). The van der Waals surface area contributed by atoms with Crippen LogP contribution in [-0.4, -0.2) is 28.5 Å². The molecule has 1 aromatic heterocycles. The van der Waals surface area contributed by atoms with E-state index in [4.69, 9.17) is 5.11 Å². The van der Waals surface area contributed by atoms with Gasteiger partial charge in [-0.1, -0.05) is 26.8 Å². The molecule has 0 bridgehead atoms. The fourth-order valence-electron chi connectivity index (χ4n) is 1.50. The molecule has 0 saturated carbocycles. The number of carboxylic acid groups (broad SMARTS) is 1. The fourth-order valence-corrected chi connectivity index (χ4v) is 1.50. The second-order valence-electron chi connectivity index (χ2n) is 5.44. The molecule has 0 unspecified atom stereocenters. The highest BCUT2D eigenvalue weighted by Gasteiger charge is 2.15. The third-order valence-electron chi connectivity index (χ3n) is 2.72. The number of aliphatic carboxylic acids is 1. The van der Waals surface area contributed by atoms with Gasteiger partial charge in [0.1, 0.15) is 5.69 Å². The summed E-state index contributed by atoms with van der Waals surface area (Å²) in [5.74, 6) is -1.13. The second-order valence-corrected chi connectivity index (χ2v) is 5.44. The summed E-state index contributed by atoms with van der Waals surface area (Å²) in [6, 6.07) is 3.58. The number of hydrogen-bond acceptors (Lipinski definition) is 3. The maximum atomic E-state index is 11.7. The van der Waals surface area contributed by atoms with Crippen LogP contribution in [0.4, 0.5) is 0 Å². The van der Waals surface area contributed by atoms with Crippen molar-refractivity contribution in [3.8, 4) is 0 Å². The van der Waals surface area contributed by atoms with Crippen molar-refractivity contribution in [3.63, 3.8) is 0 Å². The Kier molecular flexibility index (Phi) is 5.03. The summed E-state index contributed by atoms with van der Waals surface area (Å²) in [7, 11) is 0. The van der Waals surface area contributed by atoms with Crippen LogP contribution in [0.5, 0.6) is 0 Å². The Labute approximate surface area is 113 Å². The lowest BCUT2D eigenvalue weighted by molar-refractivity contribution is -0.137. The predicted octanol–water partition coefficient (Wildman–Crippen LogP) is 1.97. The minimum Gasteiger partial charge on any atom is -0.481 e. The Hall–Kier alpha value is -1.91. The average Bonchev–Trinajstić information content (AvgIpc) is 2.33. The summed E-state index contributed by atoms with van der Waals surface area (Å²) < 4.78 is 0. The van der Waals surface area contributed by atoms with Gasteiger partial charge in [-0.15, -0.1) is 0 Å². The first kappa shape index (κ1) is 15.1. The van der Waals surface area contributed by atoms with Crippen molar-refractivity contribution in [1.29, 1.82) is 0 Å². The number of nitrogens with zero attached hydrogens (tertiary/aromatic N) is 1. The summed E-state index contributed by atoms with van der Waals surface area (Å²) in [4.78, 5) is 26.2. The molecule has 1 amide bonds. The Morgan fingerprint density at radius 2 is 2.00 bits per heavy atom. The zero-order valence-corrected chi connectivity index (χ0v) is 11.6. The monoisotopic (exact) mass is 264 g/mol. The van der Waals surface area contributed by atoms with E-state index in [9.17, 15) is 9.59 Å². The lowest BCUT2D eigenvalue weighted by Crippen LogP contribution is -2.26. The molecule has 19 heavy (non-hydrogen) atoms.